The van der Waals surface area contributed by atoms with E-state index in [9.17, 15) is 43.2 Å². The number of H-pyrrole nitrogens is 2. The van der Waals surface area contributed by atoms with E-state index in [1.54, 1.807) is 50.4 Å². The van der Waals surface area contributed by atoms with Gasteiger partial charge >= 0.3 is 0 Å². The third kappa shape index (κ3) is 17.1. The summed E-state index contributed by atoms with van der Waals surface area (Å²) < 4.78 is 0. The lowest BCUT2D eigenvalue weighted by Gasteiger charge is -2.31. The van der Waals surface area contributed by atoms with Crippen molar-refractivity contribution in [3.05, 3.63) is 90.1 Å². The highest BCUT2D eigenvalue weighted by molar-refractivity contribution is 5.99. The Labute approximate surface area is 412 Å². The number of nitrogens with zero attached hydrogens (tertiary/aromatic N) is 1. The van der Waals surface area contributed by atoms with E-state index in [1.165, 1.54) is 33.3 Å². The third-order valence-corrected chi connectivity index (χ3v) is 11.6. The lowest BCUT2D eigenvalue weighted by atomic mass is 9.98. The predicted octanol–water partition coefficient (Wildman–Crippen LogP) is -0.477. The van der Waals surface area contributed by atoms with Crippen molar-refractivity contribution in [2.24, 2.45) is 29.0 Å². The van der Waals surface area contributed by atoms with Gasteiger partial charge in [0.1, 0.15) is 41.8 Å². The van der Waals surface area contributed by atoms with Gasteiger partial charge in [-0.2, -0.15) is 0 Å². The number of nitrogens with one attached hydrogen (secondary N) is 9. The van der Waals surface area contributed by atoms with Gasteiger partial charge in [0.05, 0.1) is 12.4 Å². The molecule has 0 bridgehead atoms. The normalized spacial score (nSPS) is 14.5. The second kappa shape index (κ2) is 25.8. The van der Waals surface area contributed by atoms with Crippen LogP contribution < -0.4 is 54.4 Å². The highest BCUT2D eigenvalue weighted by atomic mass is 16.2. The van der Waals surface area contributed by atoms with Crippen LogP contribution in [0.15, 0.2) is 73.3 Å². The second-order valence-electron chi connectivity index (χ2n) is 19.0. The number of para-hydroxylation sites is 1. The Morgan fingerprint density at radius 2 is 1.25 bits per heavy atom. The van der Waals surface area contributed by atoms with Crippen LogP contribution in [0.5, 0.6) is 0 Å². The number of hydrogen-bond donors (Lipinski definition) is 12. The average Bonchev–Trinajstić information content (AvgIpc) is 3.98. The minimum atomic E-state index is -1.67. The number of benzene rings is 2. The number of rotatable bonds is 27. The Morgan fingerprint density at radius 3 is 1.87 bits per heavy atom. The summed E-state index contributed by atoms with van der Waals surface area (Å²) in [5.74, 6) is -7.31. The van der Waals surface area contributed by atoms with E-state index in [0.717, 1.165) is 16.5 Å². The van der Waals surface area contributed by atoms with Crippen molar-refractivity contribution in [1.29, 1.82) is 0 Å². The Bertz CT molecular complexity index is 2490. The summed E-state index contributed by atoms with van der Waals surface area (Å²) in [6.45, 7) is 11.2. The zero-order valence-electron chi connectivity index (χ0n) is 41.2. The van der Waals surface area contributed by atoms with Crippen molar-refractivity contribution in [2.45, 2.75) is 135 Å². The molecule has 0 saturated carbocycles. The van der Waals surface area contributed by atoms with E-state index < -0.39 is 107 Å². The maximum atomic E-state index is 14.2. The van der Waals surface area contributed by atoms with E-state index >= 15 is 0 Å². The molecule has 0 aliphatic carbocycles. The van der Waals surface area contributed by atoms with Gasteiger partial charge in [-0.1, -0.05) is 76.2 Å². The average molecular weight is 984 g/mol. The third-order valence-electron chi connectivity index (χ3n) is 11.6. The molecule has 22 heteroatoms. The van der Waals surface area contributed by atoms with Gasteiger partial charge in [-0.15, -0.1) is 0 Å². The fourth-order valence-corrected chi connectivity index (χ4v) is 7.59. The molecule has 0 aliphatic rings. The molecular weight excluding hydrogens is 915 g/mol. The van der Waals surface area contributed by atoms with Gasteiger partial charge in [0.2, 0.25) is 53.2 Å². The number of fused-ring (bicyclic) bond motifs is 1. The first-order chi connectivity index (χ1) is 33.4. The SMILES string of the molecule is CC(C)C[C@H](NC(=O)[C@H](Cc1cnc[nH]1)NC(=O)C(C)(C)NC(=O)[C@@H](NC(=O)[C@H](C)NC(=O)[C@H](Cc1c[nH]c2ccccc12)NC(=O)[C@H](CCC(N)=O)NC(=O)[C@H](N)Cc1ccccc1)C(C)C)C(N)=O. The van der Waals surface area contributed by atoms with Crippen molar-refractivity contribution in [1.82, 2.24) is 52.2 Å². The number of nitrogens with two attached hydrogens (primary N) is 3. The fourth-order valence-electron chi connectivity index (χ4n) is 7.59. The molecule has 0 spiro atoms. The van der Waals surface area contributed by atoms with Crippen LogP contribution in [0.25, 0.3) is 10.9 Å². The molecule has 0 unspecified atom stereocenters. The van der Waals surface area contributed by atoms with E-state index in [-0.39, 0.29) is 44.4 Å². The molecule has 0 fully saturated rings. The number of carbonyl (C=O) groups is 9. The first-order valence-corrected chi connectivity index (χ1v) is 23.5. The Kier molecular flexibility index (Phi) is 20.4. The summed E-state index contributed by atoms with van der Waals surface area (Å²) in [6.07, 6.45) is 4.34. The molecule has 2 aromatic heterocycles. The Hall–Kier alpha value is -7.62. The van der Waals surface area contributed by atoms with Gasteiger partial charge in [0, 0.05) is 48.3 Å². The van der Waals surface area contributed by atoms with Crippen LogP contribution in [-0.4, -0.2) is 116 Å². The lowest BCUT2D eigenvalue weighted by Crippen LogP contribution is -2.64. The van der Waals surface area contributed by atoms with Gasteiger partial charge in [-0.25, -0.2) is 4.98 Å². The highest BCUT2D eigenvalue weighted by Crippen LogP contribution is 2.20. The molecule has 7 atom stereocenters. The number of primary amides is 2. The van der Waals surface area contributed by atoms with Crippen molar-refractivity contribution in [3.8, 4) is 0 Å². The summed E-state index contributed by atoms with van der Waals surface area (Å²) in [4.78, 5) is 131. The molecular formula is C49H69N13O9. The quantitative estimate of drug-likeness (QED) is 0.0362. The minimum absolute atomic E-state index is 0.00905. The van der Waals surface area contributed by atoms with Crippen molar-refractivity contribution in [2.75, 3.05) is 0 Å². The van der Waals surface area contributed by atoms with E-state index in [1.807, 2.05) is 38.1 Å². The van der Waals surface area contributed by atoms with Crippen LogP contribution in [0.2, 0.25) is 0 Å². The largest absolute Gasteiger partial charge is 0.370 e. The van der Waals surface area contributed by atoms with Gasteiger partial charge < -0.3 is 64.4 Å². The van der Waals surface area contributed by atoms with Crippen LogP contribution in [0.4, 0.5) is 0 Å². The maximum absolute atomic E-state index is 14.2. The molecule has 2 heterocycles. The number of hydrogen-bond acceptors (Lipinski definition) is 11. The monoisotopic (exact) mass is 984 g/mol. The minimum Gasteiger partial charge on any atom is -0.370 e. The van der Waals surface area contributed by atoms with Crippen LogP contribution in [0, 0.1) is 11.8 Å². The summed E-state index contributed by atoms with van der Waals surface area (Å²) in [7, 11) is 0. The molecule has 384 valence electrons. The molecule has 71 heavy (non-hydrogen) atoms. The topological polar surface area (TPSA) is 360 Å². The molecule has 22 nitrogen and oxygen atoms in total. The van der Waals surface area contributed by atoms with E-state index in [4.69, 9.17) is 17.2 Å². The number of aromatic nitrogens is 3. The molecule has 9 amide bonds. The van der Waals surface area contributed by atoms with Crippen LogP contribution in [0.3, 0.4) is 0 Å². The number of amides is 9. The smallest absolute Gasteiger partial charge is 0.245 e. The first-order valence-electron chi connectivity index (χ1n) is 23.5. The van der Waals surface area contributed by atoms with Gasteiger partial charge in [0.25, 0.3) is 0 Å². The predicted molar refractivity (Wildman–Crippen MR) is 264 cm³/mol. The number of imidazole rings is 1. The van der Waals surface area contributed by atoms with Crippen LogP contribution in [-0.2, 0) is 62.4 Å². The highest BCUT2D eigenvalue weighted by Gasteiger charge is 2.38. The molecule has 0 saturated heterocycles. The van der Waals surface area contributed by atoms with Gasteiger partial charge in [-0.3, -0.25) is 43.2 Å². The molecule has 15 N–H and O–H groups in total. The standard InChI is InChI=1S/C49H69N13O9/c1-26(2)19-36(41(52)64)58-46(69)38(22-31-24-53-25-55-31)60-48(71)49(6,7)62-47(70)40(27(3)4)61-42(65)28(5)56-45(68)37(21-30-23-54-34-16-12-11-15-32(30)34)59-44(67)35(17-18-39(51)63)57-43(66)33(50)20-29-13-9-8-10-14-29/h8-16,23-28,33,35-38,40,54H,17-22,50H2,1-7H3,(H2,51,63)(H2,52,64)(H,53,55)(H,56,68)(H,57,66)(H,58,69)(H,59,67)(H,60,71)(H,61,65)(H,62,70)/t28-,33+,35-,36-,37-,38-,40-/m0/s1. The summed E-state index contributed by atoms with van der Waals surface area (Å²) in [5, 5.41) is 19.3. The Morgan fingerprint density at radius 1 is 0.648 bits per heavy atom. The summed E-state index contributed by atoms with van der Waals surface area (Å²) in [6, 6.07) is 7.76. The van der Waals surface area contributed by atoms with Gasteiger partial charge in [-0.05, 0) is 69.1 Å². The summed E-state index contributed by atoms with van der Waals surface area (Å²) >= 11 is 0. The van der Waals surface area contributed by atoms with E-state index in [0.29, 0.717) is 11.3 Å². The molecule has 4 rings (SSSR count). The zero-order valence-corrected chi connectivity index (χ0v) is 41.2. The summed E-state index contributed by atoms with van der Waals surface area (Å²) in [5.41, 5.74) is 18.2. The van der Waals surface area contributed by atoms with Crippen molar-refractivity contribution >= 4 is 64.1 Å². The van der Waals surface area contributed by atoms with Crippen molar-refractivity contribution in [3.63, 3.8) is 0 Å². The maximum Gasteiger partial charge on any atom is 0.245 e. The number of carbonyl (C=O) groups excluding carboxylic acids is 9. The van der Waals surface area contributed by atoms with Crippen LogP contribution >= 0.6 is 0 Å². The second-order valence-corrected chi connectivity index (χ2v) is 19.0. The van der Waals surface area contributed by atoms with E-state index in [2.05, 4.69) is 52.2 Å². The Balaban J connectivity index is 1.49. The zero-order chi connectivity index (χ0) is 52.6. The number of aromatic amines is 2. The first kappa shape index (κ1) is 56.0. The fraction of sp³-hybridized carbons (Fsp3) is 0.469. The van der Waals surface area contributed by atoms with Crippen LogP contribution in [0.1, 0.15) is 84.5 Å². The lowest BCUT2D eigenvalue weighted by molar-refractivity contribution is -0.138. The molecule has 0 aliphatic heterocycles. The van der Waals surface area contributed by atoms with Gasteiger partial charge in [0.15, 0.2) is 0 Å². The van der Waals surface area contributed by atoms with Crippen molar-refractivity contribution < 1.29 is 43.2 Å². The molecule has 0 radical (unpaired) electrons. The molecule has 4 aromatic rings. The molecule has 2 aromatic carbocycles.